The first kappa shape index (κ1) is 22.0. The van der Waals surface area contributed by atoms with Crippen LogP contribution < -0.4 is 5.56 Å². The molecule has 4 rings (SSSR count). The van der Waals surface area contributed by atoms with Crippen LogP contribution in [0.15, 0.2) is 88.1 Å². The van der Waals surface area contributed by atoms with E-state index in [2.05, 4.69) is 15.9 Å². The fraction of sp³-hybridized carbons (Fsp3) is 0.192. The van der Waals surface area contributed by atoms with Crippen molar-refractivity contribution in [2.24, 2.45) is 0 Å². The highest BCUT2D eigenvalue weighted by Crippen LogP contribution is 2.25. The number of aromatic nitrogens is 2. The van der Waals surface area contributed by atoms with Crippen molar-refractivity contribution in [3.8, 4) is 5.69 Å². The van der Waals surface area contributed by atoms with E-state index in [4.69, 9.17) is 4.98 Å². The highest BCUT2D eigenvalue weighted by Gasteiger charge is 2.26. The summed E-state index contributed by atoms with van der Waals surface area (Å²) in [4.78, 5) is 33.2. The van der Waals surface area contributed by atoms with E-state index in [0.29, 0.717) is 35.4 Å². The molecule has 4 aromatic rings. The van der Waals surface area contributed by atoms with Crippen LogP contribution >= 0.6 is 15.9 Å². The Morgan fingerprint density at radius 1 is 1.00 bits per heavy atom. The smallest absolute Gasteiger partial charge is 0.266 e. The molecule has 5 nitrogen and oxygen atoms in total. The molecule has 162 valence electrons. The third-order valence-corrected chi connectivity index (χ3v) is 6.07. The van der Waals surface area contributed by atoms with Gasteiger partial charge in [-0.1, -0.05) is 65.3 Å². The lowest BCUT2D eigenvalue weighted by atomic mass is 10.1. The lowest BCUT2D eigenvalue weighted by Crippen LogP contribution is -2.36. The van der Waals surface area contributed by atoms with Crippen LogP contribution in [-0.2, 0) is 11.3 Å². The standard InChI is InChI=1S/C26H24BrN3O2/c1-3-24(31)29(17-19-9-5-4-6-10-19)18(2)25-28-23-12-8-7-11-22(23)26(32)30(25)21-15-13-20(27)14-16-21/h4-16,18H,3,17H2,1-2H3. The van der Waals surface area contributed by atoms with Crippen molar-refractivity contribution in [1.29, 1.82) is 0 Å². The molecule has 0 saturated carbocycles. The Balaban J connectivity index is 1.90. The molecule has 0 saturated heterocycles. The fourth-order valence-corrected chi connectivity index (χ4v) is 4.10. The molecule has 1 heterocycles. The monoisotopic (exact) mass is 489 g/mol. The molecule has 0 fully saturated rings. The first-order valence-corrected chi connectivity index (χ1v) is 11.4. The normalized spacial score (nSPS) is 12.0. The maximum absolute atomic E-state index is 13.6. The number of amides is 1. The largest absolute Gasteiger partial charge is 0.328 e. The second-order valence-electron chi connectivity index (χ2n) is 7.64. The van der Waals surface area contributed by atoms with E-state index < -0.39 is 6.04 Å². The molecular formula is C26H24BrN3O2. The maximum Gasteiger partial charge on any atom is 0.266 e. The Hall–Kier alpha value is -3.25. The number of halogens is 1. The van der Waals surface area contributed by atoms with Gasteiger partial charge in [-0.3, -0.25) is 14.2 Å². The van der Waals surface area contributed by atoms with E-state index in [1.165, 1.54) is 0 Å². The van der Waals surface area contributed by atoms with Gasteiger partial charge >= 0.3 is 0 Å². The quantitative estimate of drug-likeness (QED) is 0.351. The van der Waals surface area contributed by atoms with Gasteiger partial charge in [0.1, 0.15) is 5.82 Å². The minimum Gasteiger partial charge on any atom is -0.328 e. The number of carbonyl (C=O) groups is 1. The number of para-hydroxylation sites is 1. The molecule has 6 heteroatoms. The van der Waals surface area contributed by atoms with Crippen LogP contribution in [0.5, 0.6) is 0 Å². The van der Waals surface area contributed by atoms with Gasteiger partial charge in [0.05, 0.1) is 22.6 Å². The number of benzene rings is 3. The van der Waals surface area contributed by atoms with Crippen molar-refractivity contribution >= 4 is 32.7 Å². The molecule has 0 N–H and O–H groups in total. The number of nitrogens with zero attached hydrogens (tertiary/aromatic N) is 3. The maximum atomic E-state index is 13.6. The van der Waals surface area contributed by atoms with Crippen molar-refractivity contribution in [2.45, 2.75) is 32.9 Å². The van der Waals surface area contributed by atoms with E-state index >= 15 is 0 Å². The summed E-state index contributed by atoms with van der Waals surface area (Å²) in [5.41, 5.74) is 2.21. The van der Waals surface area contributed by atoms with Crippen LogP contribution in [0.2, 0.25) is 0 Å². The topological polar surface area (TPSA) is 55.2 Å². The van der Waals surface area contributed by atoms with Gasteiger partial charge in [0.2, 0.25) is 5.91 Å². The van der Waals surface area contributed by atoms with Crippen molar-refractivity contribution in [2.75, 3.05) is 0 Å². The Morgan fingerprint density at radius 2 is 1.66 bits per heavy atom. The number of hydrogen-bond acceptors (Lipinski definition) is 3. The van der Waals surface area contributed by atoms with Crippen LogP contribution in [0.3, 0.4) is 0 Å². The molecule has 0 aliphatic heterocycles. The van der Waals surface area contributed by atoms with Crippen molar-refractivity contribution in [1.82, 2.24) is 14.5 Å². The number of fused-ring (bicyclic) bond motifs is 1. The third-order valence-electron chi connectivity index (χ3n) is 5.55. The average molecular weight is 490 g/mol. The summed E-state index contributed by atoms with van der Waals surface area (Å²) >= 11 is 3.46. The van der Waals surface area contributed by atoms with E-state index in [1.54, 1.807) is 15.5 Å². The molecule has 0 spiro atoms. The van der Waals surface area contributed by atoms with Gasteiger partial charge in [0, 0.05) is 17.4 Å². The summed E-state index contributed by atoms with van der Waals surface area (Å²) in [6.07, 6.45) is 0.368. The SMILES string of the molecule is CCC(=O)N(Cc1ccccc1)C(C)c1nc2ccccc2c(=O)n1-c1ccc(Br)cc1. The summed E-state index contributed by atoms with van der Waals surface area (Å²) in [5, 5.41) is 0.544. The molecule has 1 unspecified atom stereocenters. The zero-order valence-electron chi connectivity index (χ0n) is 18.0. The zero-order chi connectivity index (χ0) is 22.7. The van der Waals surface area contributed by atoms with Gasteiger partial charge < -0.3 is 4.90 Å². The molecule has 1 atom stereocenters. The van der Waals surface area contributed by atoms with Crippen molar-refractivity contribution in [3.05, 3.63) is 105 Å². The zero-order valence-corrected chi connectivity index (χ0v) is 19.6. The summed E-state index contributed by atoms with van der Waals surface area (Å²) in [6, 6.07) is 24.3. The number of hydrogen-bond donors (Lipinski definition) is 0. The van der Waals surface area contributed by atoms with Gasteiger partial charge in [0.15, 0.2) is 0 Å². The summed E-state index contributed by atoms with van der Waals surface area (Å²) in [6.45, 7) is 4.22. The molecule has 0 bridgehead atoms. The van der Waals surface area contributed by atoms with Crippen LogP contribution in [-0.4, -0.2) is 20.4 Å². The molecule has 1 aromatic heterocycles. The van der Waals surface area contributed by atoms with E-state index in [-0.39, 0.29) is 11.5 Å². The highest BCUT2D eigenvalue weighted by atomic mass is 79.9. The predicted octanol–water partition coefficient (Wildman–Crippen LogP) is 5.65. The Labute approximate surface area is 195 Å². The molecular weight excluding hydrogens is 466 g/mol. The summed E-state index contributed by atoms with van der Waals surface area (Å²) < 4.78 is 2.55. The first-order chi connectivity index (χ1) is 15.5. The molecule has 3 aromatic carbocycles. The lowest BCUT2D eigenvalue weighted by Gasteiger charge is -2.30. The van der Waals surface area contributed by atoms with Gasteiger partial charge in [-0.2, -0.15) is 0 Å². The van der Waals surface area contributed by atoms with Crippen molar-refractivity contribution in [3.63, 3.8) is 0 Å². The van der Waals surface area contributed by atoms with E-state index in [9.17, 15) is 9.59 Å². The van der Waals surface area contributed by atoms with Gasteiger partial charge in [-0.05, 0) is 48.9 Å². The van der Waals surface area contributed by atoms with Crippen LogP contribution in [0.25, 0.3) is 16.6 Å². The van der Waals surface area contributed by atoms with Crippen LogP contribution in [0.1, 0.15) is 37.7 Å². The molecule has 0 aliphatic carbocycles. The number of rotatable bonds is 6. The Morgan fingerprint density at radius 3 is 2.34 bits per heavy atom. The third kappa shape index (κ3) is 4.36. The van der Waals surface area contributed by atoms with Gasteiger partial charge in [-0.15, -0.1) is 0 Å². The molecule has 0 aliphatic rings. The van der Waals surface area contributed by atoms with Crippen LogP contribution in [0, 0.1) is 0 Å². The molecule has 32 heavy (non-hydrogen) atoms. The first-order valence-electron chi connectivity index (χ1n) is 10.6. The minimum atomic E-state index is -0.413. The Kier molecular flexibility index (Phi) is 6.51. The number of carbonyl (C=O) groups excluding carboxylic acids is 1. The highest BCUT2D eigenvalue weighted by molar-refractivity contribution is 9.10. The second-order valence-corrected chi connectivity index (χ2v) is 8.56. The Bertz CT molecular complexity index is 1300. The second kappa shape index (κ2) is 9.49. The fourth-order valence-electron chi connectivity index (χ4n) is 3.83. The lowest BCUT2D eigenvalue weighted by molar-refractivity contribution is -0.133. The summed E-state index contributed by atoms with van der Waals surface area (Å²) in [5.74, 6) is 0.542. The van der Waals surface area contributed by atoms with Crippen LogP contribution in [0.4, 0.5) is 0 Å². The predicted molar refractivity (Wildman–Crippen MR) is 131 cm³/mol. The van der Waals surface area contributed by atoms with Gasteiger partial charge in [0.25, 0.3) is 5.56 Å². The van der Waals surface area contributed by atoms with E-state index in [0.717, 1.165) is 10.0 Å². The minimum absolute atomic E-state index is 0.00566. The summed E-state index contributed by atoms with van der Waals surface area (Å²) in [7, 11) is 0. The van der Waals surface area contributed by atoms with Gasteiger partial charge in [-0.25, -0.2) is 4.98 Å². The van der Waals surface area contributed by atoms with Crippen molar-refractivity contribution < 1.29 is 4.79 Å². The molecule has 1 amide bonds. The molecule has 0 radical (unpaired) electrons. The average Bonchev–Trinajstić information content (AvgIpc) is 2.83. The van der Waals surface area contributed by atoms with E-state index in [1.807, 2.05) is 86.6 Å².